The number of hydrogen-bond acceptors (Lipinski definition) is 6. The molecule has 0 radical (unpaired) electrons. The Morgan fingerprint density at radius 1 is 1.17 bits per heavy atom. The number of carbonyl (C=O) groups is 1. The Hall–Kier alpha value is -3.69. The van der Waals surface area contributed by atoms with Crippen molar-refractivity contribution in [2.24, 2.45) is 0 Å². The molecule has 0 saturated heterocycles. The number of ether oxygens (including phenoxy) is 1. The number of aromatic nitrogens is 1. The van der Waals surface area contributed by atoms with E-state index in [0.29, 0.717) is 34.3 Å². The second kappa shape index (κ2) is 8.13. The number of rotatable bonds is 5. The van der Waals surface area contributed by atoms with Gasteiger partial charge in [0.05, 0.1) is 28.0 Å². The minimum Gasteiger partial charge on any atom is -0.462 e. The van der Waals surface area contributed by atoms with Gasteiger partial charge < -0.3 is 9.15 Å². The quantitative estimate of drug-likeness (QED) is 0.313. The summed E-state index contributed by atoms with van der Waals surface area (Å²) in [6.45, 7) is 2.11. The molecule has 4 rings (SSSR count). The molecule has 29 heavy (non-hydrogen) atoms. The summed E-state index contributed by atoms with van der Waals surface area (Å²) in [5.41, 5.74) is 2.64. The molecule has 0 aliphatic rings. The normalized spacial score (nSPS) is 11.4. The smallest absolute Gasteiger partial charge is 0.338 e. The minimum atomic E-state index is -0.350. The number of benzene rings is 2. The second-order valence-electron chi connectivity index (χ2n) is 6.16. The molecule has 0 aliphatic carbocycles. The molecule has 6 heteroatoms. The first kappa shape index (κ1) is 18.7. The van der Waals surface area contributed by atoms with Gasteiger partial charge in [-0.15, -0.1) is 11.3 Å². The lowest BCUT2D eigenvalue weighted by Gasteiger charge is -2.02. The monoisotopic (exact) mass is 400 g/mol. The summed E-state index contributed by atoms with van der Waals surface area (Å²) < 4.78 is 11.9. The second-order valence-corrected chi connectivity index (χ2v) is 7.19. The highest BCUT2D eigenvalue weighted by Gasteiger charge is 2.11. The third kappa shape index (κ3) is 3.96. The molecule has 2 aromatic heterocycles. The molecule has 0 amide bonds. The number of thiazole rings is 1. The third-order valence-corrected chi connectivity index (χ3v) is 5.31. The van der Waals surface area contributed by atoms with Crippen molar-refractivity contribution in [3.05, 3.63) is 77.0 Å². The van der Waals surface area contributed by atoms with Crippen LogP contribution in [0.2, 0.25) is 0 Å². The lowest BCUT2D eigenvalue weighted by molar-refractivity contribution is 0.0526. The van der Waals surface area contributed by atoms with E-state index in [4.69, 9.17) is 9.15 Å². The van der Waals surface area contributed by atoms with E-state index < -0.39 is 0 Å². The van der Waals surface area contributed by atoms with E-state index in [2.05, 4.69) is 11.1 Å². The van der Waals surface area contributed by atoms with Crippen LogP contribution in [0.15, 0.2) is 65.1 Å². The number of nitriles is 1. The Bertz CT molecular complexity index is 1210. The number of esters is 1. The molecule has 0 atom stereocenters. The maximum absolute atomic E-state index is 11.8. The van der Waals surface area contributed by atoms with E-state index in [1.807, 2.05) is 30.3 Å². The zero-order valence-electron chi connectivity index (χ0n) is 15.6. The van der Waals surface area contributed by atoms with Gasteiger partial charge in [-0.1, -0.05) is 24.3 Å². The fraction of sp³-hybridized carbons (Fsp3) is 0.0870. The Morgan fingerprint density at radius 3 is 2.69 bits per heavy atom. The molecule has 0 aliphatic heterocycles. The summed E-state index contributed by atoms with van der Waals surface area (Å²) in [5, 5.41) is 10.2. The molecular weight excluding hydrogens is 384 g/mol. The number of allylic oxidation sites excluding steroid dienone is 1. The molecule has 142 valence electrons. The minimum absolute atomic E-state index is 0.338. The molecule has 0 saturated carbocycles. The van der Waals surface area contributed by atoms with Gasteiger partial charge in [0, 0.05) is 11.6 Å². The summed E-state index contributed by atoms with van der Waals surface area (Å²) in [7, 11) is 0. The number of furan rings is 1. The van der Waals surface area contributed by atoms with Gasteiger partial charge in [-0.05, 0) is 43.3 Å². The topological polar surface area (TPSA) is 76.1 Å². The highest BCUT2D eigenvalue weighted by Crippen LogP contribution is 2.29. The summed E-state index contributed by atoms with van der Waals surface area (Å²) in [6.07, 6.45) is 1.69. The maximum Gasteiger partial charge on any atom is 0.338 e. The van der Waals surface area contributed by atoms with Crippen molar-refractivity contribution in [2.75, 3.05) is 6.61 Å². The van der Waals surface area contributed by atoms with Gasteiger partial charge in [0.1, 0.15) is 22.6 Å². The molecule has 2 aromatic carbocycles. The van der Waals surface area contributed by atoms with Crippen LogP contribution in [0, 0.1) is 11.3 Å². The van der Waals surface area contributed by atoms with Gasteiger partial charge in [0.25, 0.3) is 0 Å². The van der Waals surface area contributed by atoms with E-state index in [0.717, 1.165) is 15.8 Å². The number of carbonyl (C=O) groups excluding carboxylic acids is 1. The van der Waals surface area contributed by atoms with Crippen molar-refractivity contribution in [3.63, 3.8) is 0 Å². The molecule has 0 bridgehead atoms. The lowest BCUT2D eigenvalue weighted by atomic mass is 10.1. The fourth-order valence-corrected chi connectivity index (χ4v) is 3.77. The van der Waals surface area contributed by atoms with Gasteiger partial charge in [-0.25, -0.2) is 9.78 Å². The van der Waals surface area contributed by atoms with Crippen molar-refractivity contribution in [1.29, 1.82) is 5.26 Å². The third-order valence-electron chi connectivity index (χ3n) is 4.24. The maximum atomic E-state index is 11.8. The van der Waals surface area contributed by atoms with E-state index in [1.54, 1.807) is 43.3 Å². The molecule has 5 nitrogen and oxygen atoms in total. The first-order valence-electron chi connectivity index (χ1n) is 9.03. The predicted octanol–water partition coefficient (Wildman–Crippen LogP) is 5.80. The van der Waals surface area contributed by atoms with Crippen molar-refractivity contribution < 1.29 is 13.9 Å². The number of nitrogens with zero attached hydrogens (tertiary/aromatic N) is 2. The van der Waals surface area contributed by atoms with Gasteiger partial charge in [0.15, 0.2) is 0 Å². The molecule has 0 fully saturated rings. The zero-order valence-corrected chi connectivity index (χ0v) is 16.4. The zero-order chi connectivity index (χ0) is 20.2. The van der Waals surface area contributed by atoms with Crippen LogP contribution < -0.4 is 0 Å². The summed E-state index contributed by atoms with van der Waals surface area (Å²) in [5.74, 6) is 0.857. The largest absolute Gasteiger partial charge is 0.462 e. The first-order valence-corrected chi connectivity index (χ1v) is 9.84. The first-order chi connectivity index (χ1) is 14.2. The van der Waals surface area contributed by atoms with Gasteiger partial charge in [-0.2, -0.15) is 5.26 Å². The summed E-state index contributed by atoms with van der Waals surface area (Å²) >= 11 is 1.47. The van der Waals surface area contributed by atoms with Crippen LogP contribution in [0.4, 0.5) is 0 Å². The molecule has 4 aromatic rings. The van der Waals surface area contributed by atoms with Crippen LogP contribution in [-0.4, -0.2) is 17.6 Å². The molecule has 0 N–H and O–H groups in total. The van der Waals surface area contributed by atoms with Gasteiger partial charge in [0.2, 0.25) is 0 Å². The SMILES string of the molecule is CCOC(=O)c1ccc(-c2ccc(/C=C(/C#N)c3nc4ccccc4s3)o2)cc1. The van der Waals surface area contributed by atoms with Crippen molar-refractivity contribution in [3.8, 4) is 17.4 Å². The van der Waals surface area contributed by atoms with E-state index in [1.165, 1.54) is 11.3 Å². The number of para-hydroxylation sites is 1. The van der Waals surface area contributed by atoms with Gasteiger partial charge in [-0.3, -0.25) is 0 Å². The van der Waals surface area contributed by atoms with Crippen molar-refractivity contribution in [2.45, 2.75) is 6.92 Å². The number of hydrogen-bond donors (Lipinski definition) is 0. The van der Waals surface area contributed by atoms with E-state index in [9.17, 15) is 10.1 Å². The van der Waals surface area contributed by atoms with Crippen LogP contribution in [0.25, 0.3) is 33.2 Å². The number of fused-ring (bicyclic) bond motifs is 1. The van der Waals surface area contributed by atoms with E-state index in [-0.39, 0.29) is 5.97 Å². The molecule has 0 unspecified atom stereocenters. The van der Waals surface area contributed by atoms with Crippen molar-refractivity contribution >= 4 is 39.2 Å². The standard InChI is InChI=1S/C23H16N2O3S/c1-2-27-23(26)16-9-7-15(8-10-16)20-12-11-18(28-20)13-17(14-24)22-25-19-5-3-4-6-21(19)29-22/h3-13H,2H2,1H3/b17-13-. The average molecular weight is 400 g/mol. The lowest BCUT2D eigenvalue weighted by Crippen LogP contribution is -2.03. The average Bonchev–Trinajstić information content (AvgIpc) is 3.39. The van der Waals surface area contributed by atoms with Crippen molar-refractivity contribution in [1.82, 2.24) is 4.98 Å². The van der Waals surface area contributed by atoms with Crippen LogP contribution in [0.3, 0.4) is 0 Å². The van der Waals surface area contributed by atoms with Gasteiger partial charge >= 0.3 is 5.97 Å². The fourth-order valence-electron chi connectivity index (χ4n) is 2.84. The Labute approximate surface area is 171 Å². The molecular formula is C23H16N2O3S. The van der Waals surface area contributed by atoms with Crippen LogP contribution in [0.5, 0.6) is 0 Å². The Balaban J connectivity index is 1.59. The Kier molecular flexibility index (Phi) is 5.23. The highest BCUT2D eigenvalue weighted by atomic mass is 32.1. The van der Waals surface area contributed by atoms with Crippen LogP contribution >= 0.6 is 11.3 Å². The summed E-state index contributed by atoms with van der Waals surface area (Å²) in [6, 6.07) is 20.6. The molecule has 2 heterocycles. The van der Waals surface area contributed by atoms with Crippen LogP contribution in [-0.2, 0) is 4.74 Å². The highest BCUT2D eigenvalue weighted by molar-refractivity contribution is 7.19. The van der Waals surface area contributed by atoms with Crippen LogP contribution in [0.1, 0.15) is 28.0 Å². The van der Waals surface area contributed by atoms with E-state index >= 15 is 0 Å². The molecule has 0 spiro atoms. The Morgan fingerprint density at radius 2 is 1.97 bits per heavy atom. The predicted molar refractivity (Wildman–Crippen MR) is 113 cm³/mol. The summed E-state index contributed by atoms with van der Waals surface area (Å²) in [4.78, 5) is 16.3.